The average molecular weight is 899 g/mol. The van der Waals surface area contributed by atoms with Gasteiger partial charge in [0, 0.05) is 43.8 Å². The van der Waals surface area contributed by atoms with Gasteiger partial charge in [0.25, 0.3) is 0 Å². The molecule has 0 atom stereocenters. The molecule has 12 rings (SSSR count). The Morgan fingerprint density at radius 2 is 0.957 bits per heavy atom. The lowest BCUT2D eigenvalue weighted by atomic mass is 9.45. The first-order chi connectivity index (χ1) is 32.4. The van der Waals surface area contributed by atoms with E-state index in [4.69, 9.17) is 0 Å². The molecule has 2 aromatic heterocycles. The summed E-state index contributed by atoms with van der Waals surface area (Å²) < 4.78 is 5.44. The molecule has 69 heavy (non-hydrogen) atoms. The van der Waals surface area contributed by atoms with E-state index in [0.717, 1.165) is 0 Å². The van der Waals surface area contributed by atoms with Crippen LogP contribution in [0.2, 0.25) is 0 Å². The molecule has 0 bridgehead atoms. The van der Waals surface area contributed by atoms with Crippen LogP contribution < -0.4 is 10.9 Å². The SMILES string of the molecule is CC(C)(C)c1ccc(-c2cc3c4c(c2)c2c5ccc(-c6cccc(C(C)(C)C)c6)cc5ccc2n4B2c4c-3cc(C(C)(C)C)cc4-n3c4ccc(C(C)(C)C)cc4c4cc(C(C)(C)C)cc2c43)cc1. The Kier molecular flexibility index (Phi) is 9.01. The highest BCUT2D eigenvalue weighted by atomic mass is 15.0. The molecule has 0 radical (unpaired) electrons. The summed E-state index contributed by atoms with van der Waals surface area (Å²) in [6, 6.07) is 53.2. The lowest BCUT2D eigenvalue weighted by Gasteiger charge is -2.36. The fraction of sp³-hybridized carbons (Fsp3) is 0.303. The third kappa shape index (κ3) is 6.58. The van der Waals surface area contributed by atoms with E-state index in [9.17, 15) is 0 Å². The summed E-state index contributed by atoms with van der Waals surface area (Å²) in [5, 5.41) is 7.92. The largest absolute Gasteiger partial charge is 0.375 e. The predicted molar refractivity (Wildman–Crippen MR) is 302 cm³/mol. The number of rotatable bonds is 2. The lowest BCUT2D eigenvalue weighted by molar-refractivity contribution is 0.590. The van der Waals surface area contributed by atoms with Crippen LogP contribution in [-0.4, -0.2) is 15.9 Å². The summed E-state index contributed by atoms with van der Waals surface area (Å²) >= 11 is 0. The molecule has 0 N–H and O–H groups in total. The standard InChI is InChI=1S/C66H67BN2/c1-62(2,3)43-23-19-38(20-24-43)42-31-51-50-34-47(66(13,14)15)37-57-59(50)67(54-36-46(65(10,11)12)35-52-49-33-45(64(7,8)9)25-28-55(49)68(57)61(52)54)69-56-27-22-41-29-40(39-17-16-18-44(30-39)63(4,5)6)21-26-48(41)58(56)53(32-42)60(51)69/h16-37H,1-15H3. The van der Waals surface area contributed by atoms with Crippen molar-refractivity contribution < 1.29 is 0 Å². The van der Waals surface area contributed by atoms with Crippen LogP contribution >= 0.6 is 0 Å². The second-order valence-electron chi connectivity index (χ2n) is 26.0. The smallest absolute Gasteiger partial charge is 0.333 e. The fourth-order valence-corrected chi connectivity index (χ4v) is 11.9. The maximum Gasteiger partial charge on any atom is 0.333 e. The number of aromatic nitrogens is 2. The van der Waals surface area contributed by atoms with E-state index in [1.54, 1.807) is 0 Å². The summed E-state index contributed by atoms with van der Waals surface area (Å²) in [5.74, 6) is 0. The van der Waals surface area contributed by atoms with E-state index in [0.29, 0.717) is 0 Å². The van der Waals surface area contributed by atoms with Gasteiger partial charge in [-0.05, 0) is 153 Å². The molecule has 0 fully saturated rings. The molecule has 2 aliphatic heterocycles. The van der Waals surface area contributed by atoms with Gasteiger partial charge >= 0.3 is 6.85 Å². The van der Waals surface area contributed by atoms with Gasteiger partial charge in [-0.2, -0.15) is 0 Å². The first-order valence-corrected chi connectivity index (χ1v) is 25.4. The van der Waals surface area contributed by atoms with Crippen LogP contribution in [0.5, 0.6) is 0 Å². The van der Waals surface area contributed by atoms with E-state index in [1.807, 2.05) is 0 Å². The highest BCUT2D eigenvalue weighted by molar-refractivity contribution is 6.90. The molecule has 2 aliphatic rings. The molecule has 0 saturated heterocycles. The molecule has 344 valence electrons. The van der Waals surface area contributed by atoms with E-state index < -0.39 is 0 Å². The number of nitrogens with zero attached hydrogens (tertiary/aromatic N) is 2. The Labute approximate surface area is 410 Å². The van der Waals surface area contributed by atoms with Gasteiger partial charge in [0.2, 0.25) is 0 Å². The lowest BCUT2D eigenvalue weighted by Crippen LogP contribution is -2.55. The zero-order valence-corrected chi connectivity index (χ0v) is 43.7. The number of benzene rings is 8. The fourth-order valence-electron chi connectivity index (χ4n) is 11.9. The van der Waals surface area contributed by atoms with E-state index >= 15 is 0 Å². The van der Waals surface area contributed by atoms with Crippen LogP contribution in [-0.2, 0) is 27.1 Å². The van der Waals surface area contributed by atoms with Crippen molar-refractivity contribution >= 4 is 72.2 Å². The van der Waals surface area contributed by atoms with Crippen LogP contribution in [0.25, 0.3) is 93.5 Å². The highest BCUT2D eigenvalue weighted by Gasteiger charge is 2.43. The third-order valence-electron chi connectivity index (χ3n) is 16.0. The molecule has 2 nitrogen and oxygen atoms in total. The Morgan fingerprint density at radius 1 is 0.362 bits per heavy atom. The molecule has 0 saturated carbocycles. The summed E-state index contributed by atoms with van der Waals surface area (Å²) in [5.41, 5.74) is 23.9. The molecule has 0 unspecified atom stereocenters. The van der Waals surface area contributed by atoms with Crippen molar-refractivity contribution in [1.82, 2.24) is 9.05 Å². The second-order valence-corrected chi connectivity index (χ2v) is 26.0. The van der Waals surface area contributed by atoms with Crippen molar-refractivity contribution in [3.63, 3.8) is 0 Å². The third-order valence-corrected chi connectivity index (χ3v) is 16.0. The van der Waals surface area contributed by atoms with Gasteiger partial charge in [-0.3, -0.25) is 0 Å². The van der Waals surface area contributed by atoms with Gasteiger partial charge in [-0.25, -0.2) is 0 Å². The highest BCUT2D eigenvalue weighted by Crippen LogP contribution is 2.49. The van der Waals surface area contributed by atoms with E-state index in [-0.39, 0.29) is 33.9 Å². The molecule has 8 aromatic carbocycles. The van der Waals surface area contributed by atoms with Gasteiger partial charge in [0.1, 0.15) is 0 Å². The maximum atomic E-state index is 2.78. The van der Waals surface area contributed by atoms with Crippen molar-refractivity contribution in [2.24, 2.45) is 0 Å². The first-order valence-electron chi connectivity index (χ1n) is 25.4. The Morgan fingerprint density at radius 3 is 1.64 bits per heavy atom. The van der Waals surface area contributed by atoms with Gasteiger partial charge in [0.15, 0.2) is 0 Å². The van der Waals surface area contributed by atoms with Crippen molar-refractivity contribution in [3.05, 3.63) is 161 Å². The van der Waals surface area contributed by atoms with Crippen LogP contribution in [0.15, 0.2) is 133 Å². The summed E-state index contributed by atoms with van der Waals surface area (Å²) in [6.45, 7) is 35.1. The molecular weight excluding hydrogens is 832 g/mol. The Balaban J connectivity index is 1.24. The number of hydrogen-bond acceptors (Lipinski definition) is 0. The average Bonchev–Trinajstić information content (AvgIpc) is 3.80. The van der Waals surface area contributed by atoms with Crippen molar-refractivity contribution in [3.8, 4) is 39.1 Å². The molecule has 10 aromatic rings. The van der Waals surface area contributed by atoms with Gasteiger partial charge in [-0.15, -0.1) is 0 Å². The minimum absolute atomic E-state index is 0.0191. The van der Waals surface area contributed by atoms with E-state index in [1.165, 1.54) is 132 Å². The Hall–Kier alpha value is -6.32. The second kappa shape index (κ2) is 14.2. The van der Waals surface area contributed by atoms with E-state index in [2.05, 4.69) is 246 Å². The first kappa shape index (κ1) is 43.9. The maximum absolute atomic E-state index is 2.78. The molecule has 0 aliphatic carbocycles. The van der Waals surface area contributed by atoms with Crippen LogP contribution in [0.1, 0.15) is 132 Å². The quantitative estimate of drug-likeness (QED) is 0.153. The molecule has 3 heteroatoms. The molecule has 0 spiro atoms. The van der Waals surface area contributed by atoms with Gasteiger partial charge in [-0.1, -0.05) is 189 Å². The topological polar surface area (TPSA) is 9.86 Å². The molecule has 0 amide bonds. The number of hydrogen-bond donors (Lipinski definition) is 0. The minimum Gasteiger partial charge on any atom is -0.375 e. The summed E-state index contributed by atoms with van der Waals surface area (Å²) in [7, 11) is 0. The minimum atomic E-state index is -0.0805. The van der Waals surface area contributed by atoms with Gasteiger partial charge < -0.3 is 9.05 Å². The van der Waals surface area contributed by atoms with Crippen LogP contribution in [0.3, 0.4) is 0 Å². The van der Waals surface area contributed by atoms with Gasteiger partial charge in [0.05, 0.1) is 11.0 Å². The van der Waals surface area contributed by atoms with Crippen molar-refractivity contribution in [1.29, 1.82) is 0 Å². The molecule has 4 heterocycles. The van der Waals surface area contributed by atoms with Crippen molar-refractivity contribution in [2.45, 2.75) is 131 Å². The van der Waals surface area contributed by atoms with Crippen LogP contribution in [0, 0.1) is 0 Å². The summed E-state index contributed by atoms with van der Waals surface area (Å²) in [4.78, 5) is 0. The zero-order chi connectivity index (χ0) is 48.6. The Bertz CT molecular complexity index is 3830. The normalized spacial score (nSPS) is 14.0. The molecular formula is C66H67BN2. The monoisotopic (exact) mass is 899 g/mol. The summed E-state index contributed by atoms with van der Waals surface area (Å²) in [6.07, 6.45) is 0. The zero-order valence-electron chi connectivity index (χ0n) is 43.7. The number of fused-ring (bicyclic) bond motifs is 12. The van der Waals surface area contributed by atoms with Crippen molar-refractivity contribution in [2.75, 3.05) is 0 Å². The predicted octanol–water partition coefficient (Wildman–Crippen LogP) is 16.8. The van der Waals surface area contributed by atoms with Crippen LogP contribution in [0.4, 0.5) is 0 Å².